The van der Waals surface area contributed by atoms with E-state index in [4.69, 9.17) is 9.78 Å². The van der Waals surface area contributed by atoms with Crippen molar-refractivity contribution in [2.45, 2.75) is 51.1 Å². The molecule has 0 aromatic rings. The van der Waals surface area contributed by atoms with Crippen molar-refractivity contribution >= 4 is 0 Å². The first-order valence-electron chi connectivity index (χ1n) is 6.89. The third-order valence-corrected chi connectivity index (χ3v) is 4.66. The molecule has 0 unspecified atom stereocenters. The summed E-state index contributed by atoms with van der Waals surface area (Å²) >= 11 is 0. The van der Waals surface area contributed by atoms with E-state index in [0.717, 1.165) is 12.0 Å². The van der Waals surface area contributed by atoms with Gasteiger partial charge in [-0.1, -0.05) is 18.4 Å². The quantitative estimate of drug-likeness (QED) is 0.518. The predicted octanol–water partition coefficient (Wildman–Crippen LogP) is 1.34. The van der Waals surface area contributed by atoms with Gasteiger partial charge in [0, 0.05) is 16.9 Å². The van der Waals surface area contributed by atoms with Gasteiger partial charge in [0.25, 0.3) is 0 Å². The zero-order valence-electron chi connectivity index (χ0n) is 12.0. The fourth-order valence-electron chi connectivity index (χ4n) is 3.59. The van der Waals surface area contributed by atoms with E-state index in [9.17, 15) is 10.2 Å². The average molecular weight is 276 g/mol. The van der Waals surface area contributed by atoms with Crippen LogP contribution in [0.1, 0.15) is 27.2 Å². The number of aliphatic hydroxyl groups excluding tert-OH is 2. The maximum Gasteiger partial charge on any atom is 0.134 e. The van der Waals surface area contributed by atoms with Gasteiger partial charge in [-0.15, -0.1) is 0 Å². The first-order valence-corrected chi connectivity index (χ1v) is 6.89. The van der Waals surface area contributed by atoms with Gasteiger partial charge in [0.2, 0.25) is 0 Å². The summed E-state index contributed by atoms with van der Waals surface area (Å²) in [4.78, 5) is 11.0. The van der Waals surface area contributed by atoms with Crippen molar-refractivity contribution in [3.63, 3.8) is 0 Å². The highest BCUT2D eigenvalue weighted by Gasteiger charge is 2.74. The van der Waals surface area contributed by atoms with Gasteiger partial charge in [-0.3, -0.25) is 0 Å². The number of allylic oxidation sites excluding steroid dienone is 1. The zero-order chi connectivity index (χ0) is 14.7. The van der Waals surface area contributed by atoms with Gasteiger partial charge in [0.1, 0.15) is 11.7 Å². The normalized spacial score (nSPS) is 44.4. The van der Waals surface area contributed by atoms with Crippen LogP contribution >= 0.6 is 0 Å². The van der Waals surface area contributed by atoms with E-state index in [0.29, 0.717) is 5.57 Å². The van der Waals surface area contributed by atoms with Crippen LogP contribution in [-0.2, 0) is 9.78 Å². The minimum absolute atomic E-state index is 0.161. The van der Waals surface area contributed by atoms with Crippen LogP contribution in [0.15, 0.2) is 23.8 Å². The predicted molar refractivity (Wildman–Crippen MR) is 73.3 cm³/mol. The molecule has 1 aliphatic heterocycles. The second-order valence-electron chi connectivity index (χ2n) is 6.62. The summed E-state index contributed by atoms with van der Waals surface area (Å²) in [7, 11) is 0. The van der Waals surface area contributed by atoms with Gasteiger partial charge >= 0.3 is 0 Å². The van der Waals surface area contributed by atoms with E-state index in [1.165, 1.54) is 0 Å². The standard InChI is InChI=1S/C16H20O4/c1-9(2)5-6-10-7-11(17)13(18)16-8-12(16)15(3,4)20-19-14(10)16/h7,11-14,17-18H,1,8H2,2-4H3/t11-,12+,13-,14+,16+/m0/s1. The molecule has 4 heteroatoms. The van der Waals surface area contributed by atoms with E-state index in [1.807, 2.05) is 20.8 Å². The van der Waals surface area contributed by atoms with Crippen LogP contribution in [0.25, 0.3) is 0 Å². The van der Waals surface area contributed by atoms with Crippen molar-refractivity contribution in [2.75, 3.05) is 0 Å². The average Bonchev–Trinajstić information content (AvgIpc) is 3.10. The molecule has 0 amide bonds. The van der Waals surface area contributed by atoms with Crippen LogP contribution in [0.2, 0.25) is 0 Å². The molecule has 3 rings (SSSR count). The van der Waals surface area contributed by atoms with Crippen molar-refractivity contribution in [3.8, 4) is 11.8 Å². The van der Waals surface area contributed by atoms with E-state index in [1.54, 1.807) is 6.08 Å². The second kappa shape index (κ2) is 4.19. The zero-order valence-corrected chi connectivity index (χ0v) is 12.0. The molecule has 3 aliphatic rings. The molecule has 1 heterocycles. The van der Waals surface area contributed by atoms with Crippen molar-refractivity contribution in [1.29, 1.82) is 0 Å². The Morgan fingerprint density at radius 2 is 2.15 bits per heavy atom. The molecule has 0 radical (unpaired) electrons. The molecule has 2 fully saturated rings. The third kappa shape index (κ3) is 1.78. The minimum atomic E-state index is -0.914. The Hall–Kier alpha value is -1.12. The molecule has 0 bridgehead atoms. The Kier molecular flexibility index (Phi) is 2.90. The van der Waals surface area contributed by atoms with Crippen molar-refractivity contribution in [2.24, 2.45) is 11.3 Å². The van der Waals surface area contributed by atoms with E-state index >= 15 is 0 Å². The Morgan fingerprint density at radius 3 is 2.80 bits per heavy atom. The summed E-state index contributed by atoms with van der Waals surface area (Å²) in [5.41, 5.74) is 0.477. The van der Waals surface area contributed by atoms with Gasteiger partial charge in [0.15, 0.2) is 0 Å². The molecule has 1 spiro atoms. The number of hydrogen-bond acceptors (Lipinski definition) is 4. The third-order valence-electron chi connectivity index (χ3n) is 4.66. The highest BCUT2D eigenvalue weighted by atomic mass is 17.2. The highest BCUT2D eigenvalue weighted by Crippen LogP contribution is 2.68. The van der Waals surface area contributed by atoms with Gasteiger partial charge < -0.3 is 10.2 Å². The van der Waals surface area contributed by atoms with Gasteiger partial charge in [-0.2, -0.15) is 0 Å². The highest BCUT2D eigenvalue weighted by molar-refractivity contribution is 5.45. The van der Waals surface area contributed by atoms with Crippen LogP contribution in [0, 0.1) is 23.2 Å². The molecular weight excluding hydrogens is 256 g/mol. The molecule has 2 aliphatic carbocycles. The molecule has 1 saturated heterocycles. The number of aliphatic hydroxyl groups is 2. The monoisotopic (exact) mass is 276 g/mol. The molecule has 20 heavy (non-hydrogen) atoms. The topological polar surface area (TPSA) is 58.9 Å². The maximum atomic E-state index is 10.4. The number of rotatable bonds is 0. The Balaban J connectivity index is 2.00. The van der Waals surface area contributed by atoms with E-state index < -0.39 is 29.3 Å². The van der Waals surface area contributed by atoms with Crippen molar-refractivity contribution in [3.05, 3.63) is 23.8 Å². The molecule has 108 valence electrons. The Labute approximate surface area is 119 Å². The summed E-state index contributed by atoms with van der Waals surface area (Å²) in [6.07, 6.45) is 0.174. The molecule has 4 nitrogen and oxygen atoms in total. The lowest BCUT2D eigenvalue weighted by Crippen LogP contribution is -2.54. The lowest BCUT2D eigenvalue weighted by molar-refractivity contribution is -0.414. The molecular formula is C16H20O4. The molecule has 0 aromatic heterocycles. The molecule has 0 aromatic carbocycles. The lowest BCUT2D eigenvalue weighted by Gasteiger charge is -2.44. The van der Waals surface area contributed by atoms with E-state index in [-0.39, 0.29) is 5.92 Å². The SMILES string of the molecule is C=C(C)C#CC1=C[C@H](O)[C@H](O)[C@@]23C[C@@H]2C(C)(C)OO[C@H]13. The van der Waals surface area contributed by atoms with E-state index in [2.05, 4.69) is 18.4 Å². The van der Waals surface area contributed by atoms with Crippen molar-refractivity contribution < 1.29 is 20.0 Å². The summed E-state index contributed by atoms with van der Waals surface area (Å²) in [5, 5.41) is 20.5. The molecule has 5 atom stereocenters. The lowest BCUT2D eigenvalue weighted by atomic mass is 9.75. The minimum Gasteiger partial charge on any atom is -0.389 e. The number of hydrogen-bond donors (Lipinski definition) is 2. The largest absolute Gasteiger partial charge is 0.389 e. The Bertz CT molecular complexity index is 551. The summed E-state index contributed by atoms with van der Waals surface area (Å²) in [6.45, 7) is 9.45. The summed E-state index contributed by atoms with van der Waals surface area (Å²) in [6, 6.07) is 0. The Morgan fingerprint density at radius 1 is 1.45 bits per heavy atom. The van der Waals surface area contributed by atoms with Gasteiger partial charge in [-0.05, 0) is 38.8 Å². The van der Waals surface area contributed by atoms with Crippen LogP contribution in [0.3, 0.4) is 0 Å². The van der Waals surface area contributed by atoms with Crippen LogP contribution in [-0.4, -0.2) is 34.1 Å². The van der Waals surface area contributed by atoms with Gasteiger partial charge in [-0.25, -0.2) is 9.78 Å². The first-order chi connectivity index (χ1) is 9.29. The summed E-state index contributed by atoms with van der Waals surface area (Å²) in [5.74, 6) is 6.05. The first kappa shape index (κ1) is 13.8. The summed E-state index contributed by atoms with van der Waals surface area (Å²) < 4.78 is 0. The van der Waals surface area contributed by atoms with Crippen molar-refractivity contribution in [1.82, 2.24) is 0 Å². The fourth-order valence-corrected chi connectivity index (χ4v) is 3.59. The fraction of sp³-hybridized carbons (Fsp3) is 0.625. The van der Waals surface area contributed by atoms with Crippen LogP contribution in [0.5, 0.6) is 0 Å². The molecule has 2 N–H and O–H groups in total. The van der Waals surface area contributed by atoms with Crippen LogP contribution < -0.4 is 0 Å². The van der Waals surface area contributed by atoms with Gasteiger partial charge in [0.05, 0.1) is 12.2 Å². The molecule has 1 saturated carbocycles. The van der Waals surface area contributed by atoms with Crippen LogP contribution in [0.4, 0.5) is 0 Å². The second-order valence-corrected chi connectivity index (χ2v) is 6.62. The maximum absolute atomic E-state index is 10.4. The smallest absolute Gasteiger partial charge is 0.134 e.